The van der Waals surface area contributed by atoms with Crippen molar-refractivity contribution in [2.45, 2.75) is 18.4 Å². The standard InChI is InChI=1S/C23H25N5O4S/c1-23(18-8-14(11-33-18)15-9-25-12-26-10-15)19(21(29)28(2)22(24)27-23)13-6-16(30-3)20(32-5)17(7-13)31-4/h6-12,19H,1-5H3,(H2,24,27)/t19-,23-/m1/s1. The first-order valence-electron chi connectivity index (χ1n) is 10.1. The van der Waals surface area contributed by atoms with Crippen molar-refractivity contribution < 1.29 is 19.0 Å². The molecule has 33 heavy (non-hydrogen) atoms. The Kier molecular flexibility index (Phi) is 5.94. The van der Waals surface area contributed by atoms with Gasteiger partial charge in [0.2, 0.25) is 11.7 Å². The molecule has 0 spiro atoms. The molecule has 1 aliphatic heterocycles. The van der Waals surface area contributed by atoms with Crippen LogP contribution in [0.15, 0.2) is 42.3 Å². The molecule has 0 unspecified atom stereocenters. The van der Waals surface area contributed by atoms with E-state index in [2.05, 4.69) is 15.3 Å². The number of benzene rings is 1. The lowest BCUT2D eigenvalue weighted by molar-refractivity contribution is -0.131. The normalized spacial score (nSPS) is 20.4. The number of likely N-dealkylation sites (N-methyl/N-ethyl adjacent to an activating group) is 1. The van der Waals surface area contributed by atoms with Gasteiger partial charge in [-0.3, -0.25) is 15.1 Å². The summed E-state index contributed by atoms with van der Waals surface area (Å²) in [6, 6.07) is 5.57. The number of ether oxygens (including phenoxy) is 3. The van der Waals surface area contributed by atoms with Crippen LogP contribution < -0.4 is 19.5 Å². The number of nitrogens with zero attached hydrogens (tertiary/aromatic N) is 3. The summed E-state index contributed by atoms with van der Waals surface area (Å²) < 4.78 is 16.5. The second-order valence-electron chi connectivity index (χ2n) is 7.79. The lowest BCUT2D eigenvalue weighted by Crippen LogP contribution is -2.62. The van der Waals surface area contributed by atoms with Crippen LogP contribution in [0.4, 0.5) is 0 Å². The van der Waals surface area contributed by atoms with Gasteiger partial charge in [0.1, 0.15) is 6.33 Å². The first-order valence-corrected chi connectivity index (χ1v) is 11.0. The Hall–Kier alpha value is -3.66. The van der Waals surface area contributed by atoms with E-state index in [4.69, 9.17) is 19.6 Å². The van der Waals surface area contributed by atoms with Crippen molar-refractivity contribution >= 4 is 23.2 Å². The van der Waals surface area contributed by atoms with Crippen molar-refractivity contribution in [3.8, 4) is 28.4 Å². The van der Waals surface area contributed by atoms with Gasteiger partial charge in [-0.15, -0.1) is 11.3 Å². The van der Waals surface area contributed by atoms with E-state index in [0.717, 1.165) is 16.0 Å². The molecule has 1 amide bonds. The van der Waals surface area contributed by atoms with Crippen LogP contribution >= 0.6 is 11.3 Å². The first kappa shape index (κ1) is 22.5. The second kappa shape index (κ2) is 8.70. The minimum atomic E-state index is -0.899. The maximum Gasteiger partial charge on any atom is 0.239 e. The number of thiophene rings is 1. The van der Waals surface area contributed by atoms with E-state index in [1.165, 1.54) is 43.9 Å². The van der Waals surface area contributed by atoms with E-state index in [1.807, 2.05) is 18.4 Å². The Bertz CT molecular complexity index is 1170. The molecule has 0 aliphatic carbocycles. The molecule has 0 radical (unpaired) electrons. The molecule has 9 nitrogen and oxygen atoms in total. The summed E-state index contributed by atoms with van der Waals surface area (Å²) in [7, 11) is 6.20. The molecule has 2 aromatic heterocycles. The fraction of sp³-hybridized carbons (Fsp3) is 0.304. The third-order valence-electron chi connectivity index (χ3n) is 5.89. The fourth-order valence-electron chi connectivity index (χ4n) is 4.11. The summed E-state index contributed by atoms with van der Waals surface area (Å²) in [5.41, 5.74) is 1.61. The molecular formula is C23H25N5O4S. The highest BCUT2D eigenvalue weighted by Crippen LogP contribution is 2.48. The molecule has 1 fully saturated rings. The van der Waals surface area contributed by atoms with Gasteiger partial charge in [-0.1, -0.05) is 0 Å². The number of carbonyl (C=O) groups excluding carboxylic acids is 1. The molecule has 0 saturated carbocycles. The highest BCUT2D eigenvalue weighted by molar-refractivity contribution is 7.10. The number of guanidine groups is 1. The van der Waals surface area contributed by atoms with Crippen molar-refractivity contribution in [2.75, 3.05) is 28.4 Å². The van der Waals surface area contributed by atoms with Crippen LogP contribution in [0.1, 0.15) is 23.3 Å². The van der Waals surface area contributed by atoms with E-state index >= 15 is 0 Å². The zero-order valence-corrected chi connectivity index (χ0v) is 19.8. The number of aromatic nitrogens is 2. The van der Waals surface area contributed by atoms with E-state index < -0.39 is 11.5 Å². The summed E-state index contributed by atoms with van der Waals surface area (Å²) in [6.07, 6.45) is 4.97. The average Bonchev–Trinajstić information content (AvgIpc) is 3.34. The third kappa shape index (κ3) is 3.76. The Morgan fingerprint density at radius 2 is 1.70 bits per heavy atom. The predicted octanol–water partition coefficient (Wildman–Crippen LogP) is 3.23. The van der Waals surface area contributed by atoms with Crippen molar-refractivity contribution in [1.82, 2.24) is 20.2 Å². The molecule has 2 N–H and O–H groups in total. The minimum absolute atomic E-state index is 0.0317. The number of rotatable bonds is 6. The summed E-state index contributed by atoms with van der Waals surface area (Å²) in [5, 5.41) is 13.6. The minimum Gasteiger partial charge on any atom is -0.493 e. The maximum absolute atomic E-state index is 13.6. The van der Waals surface area contributed by atoms with Gasteiger partial charge in [-0.25, -0.2) is 9.97 Å². The van der Waals surface area contributed by atoms with Crippen LogP contribution in [-0.2, 0) is 10.3 Å². The zero-order valence-electron chi connectivity index (χ0n) is 19.0. The fourth-order valence-corrected chi connectivity index (χ4v) is 5.18. The number of nitrogens with one attached hydrogen (secondary N) is 2. The average molecular weight is 468 g/mol. The van der Waals surface area contributed by atoms with Crippen molar-refractivity contribution in [1.29, 1.82) is 5.41 Å². The van der Waals surface area contributed by atoms with Crippen LogP contribution in [0.5, 0.6) is 17.2 Å². The number of hydrogen-bond donors (Lipinski definition) is 2. The monoisotopic (exact) mass is 467 g/mol. The van der Waals surface area contributed by atoms with Gasteiger partial charge < -0.3 is 19.5 Å². The van der Waals surface area contributed by atoms with Gasteiger partial charge >= 0.3 is 0 Å². The number of carbonyl (C=O) groups is 1. The molecule has 0 bridgehead atoms. The molecule has 1 aliphatic rings. The Morgan fingerprint density at radius 1 is 1.06 bits per heavy atom. The predicted molar refractivity (Wildman–Crippen MR) is 125 cm³/mol. The van der Waals surface area contributed by atoms with Gasteiger partial charge in [0.05, 0.1) is 32.8 Å². The number of methoxy groups -OCH3 is 3. The highest BCUT2D eigenvalue weighted by Gasteiger charge is 2.49. The molecular weight excluding hydrogens is 442 g/mol. The van der Waals surface area contributed by atoms with Crippen LogP contribution in [-0.4, -0.2) is 55.1 Å². The molecule has 172 valence electrons. The summed E-state index contributed by atoms with van der Waals surface area (Å²) >= 11 is 1.51. The summed E-state index contributed by atoms with van der Waals surface area (Å²) in [6.45, 7) is 1.93. The van der Waals surface area contributed by atoms with E-state index in [0.29, 0.717) is 22.8 Å². The van der Waals surface area contributed by atoms with Gasteiger partial charge in [0.15, 0.2) is 17.5 Å². The smallest absolute Gasteiger partial charge is 0.239 e. The third-order valence-corrected chi connectivity index (χ3v) is 7.06. The SMILES string of the molecule is COc1cc([C@@H]2C(=O)N(C)C(=N)N[C@]2(C)c2cc(-c3cncnc3)cs2)cc(OC)c1OC. The number of hydrogen-bond acceptors (Lipinski definition) is 8. The van der Waals surface area contributed by atoms with E-state index in [9.17, 15) is 4.79 Å². The molecule has 3 aromatic rings. The lowest BCUT2D eigenvalue weighted by atomic mass is 9.76. The van der Waals surface area contributed by atoms with Gasteiger partial charge in [0, 0.05) is 29.9 Å². The van der Waals surface area contributed by atoms with Gasteiger partial charge in [-0.2, -0.15) is 0 Å². The second-order valence-corrected chi connectivity index (χ2v) is 8.70. The Morgan fingerprint density at radius 3 is 2.27 bits per heavy atom. The van der Waals surface area contributed by atoms with E-state index in [1.54, 1.807) is 31.6 Å². The van der Waals surface area contributed by atoms with Crippen molar-refractivity contribution in [3.63, 3.8) is 0 Å². The molecule has 4 rings (SSSR count). The van der Waals surface area contributed by atoms with Gasteiger partial charge in [0.25, 0.3) is 0 Å². The topological polar surface area (TPSA) is 110 Å². The van der Waals surface area contributed by atoms with Crippen LogP contribution in [0.2, 0.25) is 0 Å². The highest BCUT2D eigenvalue weighted by atomic mass is 32.1. The molecule has 3 heterocycles. The Labute approximate surface area is 195 Å². The van der Waals surface area contributed by atoms with Gasteiger partial charge in [-0.05, 0) is 41.6 Å². The van der Waals surface area contributed by atoms with Crippen molar-refractivity contribution in [3.05, 3.63) is 52.7 Å². The summed E-state index contributed by atoms with van der Waals surface area (Å²) in [4.78, 5) is 24.0. The summed E-state index contributed by atoms with van der Waals surface area (Å²) in [5.74, 6) is 0.518. The van der Waals surface area contributed by atoms with Crippen molar-refractivity contribution in [2.24, 2.45) is 0 Å². The maximum atomic E-state index is 13.6. The molecule has 2 atom stereocenters. The molecule has 1 aromatic carbocycles. The Balaban J connectivity index is 1.87. The zero-order chi connectivity index (χ0) is 23.8. The quantitative estimate of drug-likeness (QED) is 0.573. The number of amides is 1. The van der Waals surface area contributed by atoms with E-state index in [-0.39, 0.29) is 11.9 Å². The van der Waals surface area contributed by atoms with Crippen LogP contribution in [0.3, 0.4) is 0 Å². The first-order chi connectivity index (χ1) is 15.8. The van der Waals surface area contributed by atoms with Crippen LogP contribution in [0.25, 0.3) is 11.1 Å². The molecule has 10 heteroatoms. The lowest BCUT2D eigenvalue weighted by Gasteiger charge is -2.45. The largest absolute Gasteiger partial charge is 0.493 e. The van der Waals surface area contributed by atoms with Crippen LogP contribution in [0, 0.1) is 5.41 Å². The molecule has 1 saturated heterocycles.